The van der Waals surface area contributed by atoms with Crippen LogP contribution < -0.4 is 0 Å². The first kappa shape index (κ1) is 10.2. The first-order valence-electron chi connectivity index (χ1n) is 2.95. The van der Waals surface area contributed by atoms with Gasteiger partial charge in [-0.2, -0.15) is 0 Å². The molecule has 0 bridgehead atoms. The minimum Gasteiger partial charge on any atom is -0.502 e. The number of aliphatic hydroxyl groups is 2. The molecule has 6 nitrogen and oxygen atoms in total. The van der Waals surface area contributed by atoms with Gasteiger partial charge in [-0.25, -0.2) is 4.99 Å². The molecule has 0 aliphatic rings. The summed E-state index contributed by atoms with van der Waals surface area (Å²) in [6, 6.07) is 0. The molecule has 0 heterocycles. The standard InChI is InChI=1S/C6H8N2O4/c1-3-7-6(10)5(4(2)9)8(11)12/h3,9-10H,2H2,1H3/b6-5-,7-3-. The van der Waals surface area contributed by atoms with E-state index in [2.05, 4.69) is 11.6 Å². The summed E-state index contributed by atoms with van der Waals surface area (Å²) >= 11 is 0. The highest BCUT2D eigenvalue weighted by atomic mass is 16.6. The molecule has 0 amide bonds. The summed E-state index contributed by atoms with van der Waals surface area (Å²) in [5, 5.41) is 27.7. The maximum Gasteiger partial charge on any atom is 0.371 e. The number of nitro groups is 1. The largest absolute Gasteiger partial charge is 0.502 e. The van der Waals surface area contributed by atoms with Gasteiger partial charge in [-0.05, 0) is 13.5 Å². The van der Waals surface area contributed by atoms with Crippen molar-refractivity contribution in [2.45, 2.75) is 6.92 Å². The van der Waals surface area contributed by atoms with Crippen LogP contribution in [-0.2, 0) is 0 Å². The summed E-state index contributed by atoms with van der Waals surface area (Å²) in [6.45, 7) is 4.37. The zero-order chi connectivity index (χ0) is 9.72. The highest BCUT2D eigenvalue weighted by Gasteiger charge is 2.21. The predicted octanol–water partition coefficient (Wildman–Crippen LogP) is 1.15. The van der Waals surface area contributed by atoms with Crippen molar-refractivity contribution in [1.29, 1.82) is 0 Å². The van der Waals surface area contributed by atoms with Crippen LogP contribution in [-0.4, -0.2) is 21.4 Å². The summed E-state index contributed by atoms with van der Waals surface area (Å²) in [6.07, 6.45) is 1.15. The zero-order valence-corrected chi connectivity index (χ0v) is 6.39. The Hall–Kier alpha value is -1.85. The number of hydrogen-bond acceptors (Lipinski definition) is 5. The van der Waals surface area contributed by atoms with Crippen LogP contribution in [0, 0.1) is 10.1 Å². The maximum atomic E-state index is 10.2. The number of aliphatic hydroxyl groups excluding tert-OH is 2. The van der Waals surface area contributed by atoms with Gasteiger partial charge in [0.1, 0.15) is 0 Å². The van der Waals surface area contributed by atoms with Crippen molar-refractivity contribution in [3.63, 3.8) is 0 Å². The van der Waals surface area contributed by atoms with Crippen LogP contribution in [0.15, 0.2) is 28.9 Å². The van der Waals surface area contributed by atoms with Crippen LogP contribution in [0.2, 0.25) is 0 Å². The minimum absolute atomic E-state index is 0.830. The van der Waals surface area contributed by atoms with E-state index in [1.165, 1.54) is 6.92 Å². The van der Waals surface area contributed by atoms with Gasteiger partial charge in [0.2, 0.25) is 0 Å². The van der Waals surface area contributed by atoms with Crippen LogP contribution in [0.5, 0.6) is 0 Å². The van der Waals surface area contributed by atoms with Gasteiger partial charge < -0.3 is 10.2 Å². The Bertz CT molecular complexity index is 251. The molecule has 0 aliphatic heterocycles. The van der Waals surface area contributed by atoms with Crippen LogP contribution in [0.4, 0.5) is 0 Å². The fraction of sp³-hybridized carbons (Fsp3) is 0.167. The summed E-state index contributed by atoms with van der Waals surface area (Å²) in [5.74, 6) is -1.70. The molecule has 0 atom stereocenters. The quantitative estimate of drug-likeness (QED) is 0.219. The summed E-state index contributed by atoms with van der Waals surface area (Å²) in [7, 11) is 0. The lowest BCUT2D eigenvalue weighted by Gasteiger charge is -1.95. The Morgan fingerprint density at radius 2 is 2.17 bits per heavy atom. The third-order valence-electron chi connectivity index (χ3n) is 0.919. The summed E-state index contributed by atoms with van der Waals surface area (Å²) < 4.78 is 0. The molecular weight excluding hydrogens is 164 g/mol. The second kappa shape index (κ2) is 4.12. The minimum atomic E-state index is -0.968. The summed E-state index contributed by atoms with van der Waals surface area (Å²) in [4.78, 5) is 12.4. The van der Waals surface area contributed by atoms with Gasteiger partial charge in [0.05, 0.1) is 4.92 Å². The fourth-order valence-corrected chi connectivity index (χ4v) is 0.500. The molecule has 6 heteroatoms. The highest BCUT2D eigenvalue weighted by Crippen LogP contribution is 2.10. The molecule has 0 saturated carbocycles. The molecule has 0 fully saturated rings. The smallest absolute Gasteiger partial charge is 0.371 e. The van der Waals surface area contributed by atoms with Crippen molar-refractivity contribution in [3.05, 3.63) is 34.0 Å². The SMILES string of the molecule is C=C(O)/C(=C(O)\N=C/C)[N+](=O)[O-]. The van der Waals surface area contributed by atoms with Crippen LogP contribution in [0.25, 0.3) is 0 Å². The molecule has 66 valence electrons. The van der Waals surface area contributed by atoms with E-state index in [0.29, 0.717) is 0 Å². The van der Waals surface area contributed by atoms with E-state index in [1.807, 2.05) is 0 Å². The monoisotopic (exact) mass is 172 g/mol. The molecule has 0 unspecified atom stereocenters. The predicted molar refractivity (Wildman–Crippen MR) is 42.6 cm³/mol. The third kappa shape index (κ3) is 2.41. The lowest BCUT2D eigenvalue weighted by atomic mass is 10.4. The van der Waals surface area contributed by atoms with Crippen molar-refractivity contribution in [2.75, 3.05) is 0 Å². The van der Waals surface area contributed by atoms with E-state index in [9.17, 15) is 10.1 Å². The second-order valence-electron chi connectivity index (χ2n) is 1.76. The second-order valence-corrected chi connectivity index (χ2v) is 1.76. The molecule has 2 N–H and O–H groups in total. The average molecular weight is 172 g/mol. The van der Waals surface area contributed by atoms with Crippen molar-refractivity contribution in [2.24, 2.45) is 4.99 Å². The molecule has 0 aromatic heterocycles. The first-order valence-corrected chi connectivity index (χ1v) is 2.95. The first-order chi connectivity index (χ1) is 5.50. The van der Waals surface area contributed by atoms with E-state index in [-0.39, 0.29) is 0 Å². The Labute approximate surface area is 68.3 Å². The number of nitrogens with zero attached hydrogens (tertiary/aromatic N) is 2. The van der Waals surface area contributed by atoms with Crippen molar-refractivity contribution in [1.82, 2.24) is 0 Å². The van der Waals surface area contributed by atoms with E-state index < -0.39 is 22.3 Å². The lowest BCUT2D eigenvalue weighted by Crippen LogP contribution is -2.04. The van der Waals surface area contributed by atoms with Gasteiger partial charge in [-0.1, -0.05) is 0 Å². The van der Waals surface area contributed by atoms with Gasteiger partial charge >= 0.3 is 5.70 Å². The van der Waals surface area contributed by atoms with E-state index >= 15 is 0 Å². The number of aliphatic imine (C=N–C) groups is 1. The molecule has 0 aromatic carbocycles. The molecule has 0 aromatic rings. The van der Waals surface area contributed by atoms with E-state index in [1.54, 1.807) is 0 Å². The van der Waals surface area contributed by atoms with Crippen molar-refractivity contribution >= 4 is 6.21 Å². The fourth-order valence-electron chi connectivity index (χ4n) is 0.500. The van der Waals surface area contributed by atoms with Crippen LogP contribution >= 0.6 is 0 Å². The van der Waals surface area contributed by atoms with E-state index in [4.69, 9.17) is 10.2 Å². The highest BCUT2D eigenvalue weighted by molar-refractivity contribution is 5.55. The molecule has 0 aliphatic carbocycles. The van der Waals surface area contributed by atoms with Gasteiger partial charge in [0.15, 0.2) is 5.76 Å². The molecule has 0 spiro atoms. The van der Waals surface area contributed by atoms with Gasteiger partial charge in [-0.3, -0.25) is 10.1 Å². The van der Waals surface area contributed by atoms with Crippen molar-refractivity contribution in [3.8, 4) is 0 Å². The Kier molecular flexibility index (Phi) is 3.48. The maximum absolute atomic E-state index is 10.2. The third-order valence-corrected chi connectivity index (χ3v) is 0.919. The Morgan fingerprint density at radius 3 is 2.42 bits per heavy atom. The van der Waals surface area contributed by atoms with Crippen LogP contribution in [0.1, 0.15) is 6.92 Å². The van der Waals surface area contributed by atoms with Crippen molar-refractivity contribution < 1.29 is 15.1 Å². The lowest BCUT2D eigenvalue weighted by molar-refractivity contribution is -0.426. The number of hydrogen-bond donors (Lipinski definition) is 2. The zero-order valence-electron chi connectivity index (χ0n) is 6.39. The van der Waals surface area contributed by atoms with Gasteiger partial charge in [-0.15, -0.1) is 0 Å². The molecule has 0 saturated heterocycles. The van der Waals surface area contributed by atoms with Crippen LogP contribution in [0.3, 0.4) is 0 Å². The summed E-state index contributed by atoms with van der Waals surface area (Å²) in [5.41, 5.74) is -0.895. The molecular formula is C6H8N2O4. The normalized spacial score (nSPS) is 12.8. The Morgan fingerprint density at radius 1 is 1.67 bits per heavy atom. The van der Waals surface area contributed by atoms with Gasteiger partial charge in [0, 0.05) is 6.21 Å². The molecule has 0 rings (SSSR count). The molecule has 12 heavy (non-hydrogen) atoms. The van der Waals surface area contributed by atoms with Gasteiger partial charge in [0.25, 0.3) is 5.88 Å². The average Bonchev–Trinajstić information content (AvgIpc) is 1.85. The molecule has 0 radical (unpaired) electrons. The Balaban J connectivity index is 5.07. The topological polar surface area (TPSA) is 96.0 Å². The van der Waals surface area contributed by atoms with E-state index in [0.717, 1.165) is 6.21 Å². The number of rotatable bonds is 3.